The van der Waals surface area contributed by atoms with Crippen LogP contribution in [0, 0.1) is 6.92 Å². The molecule has 3 rings (SSSR count). The first-order chi connectivity index (χ1) is 11.5. The van der Waals surface area contributed by atoms with Crippen molar-refractivity contribution in [2.24, 2.45) is 12.0 Å². The number of aryl methyl sites for hydroxylation is 1. The Morgan fingerprint density at radius 1 is 1.27 bits per heavy atom. The van der Waals surface area contributed by atoms with E-state index in [1.807, 2.05) is 55.9 Å². The molecule has 0 aliphatic carbocycles. The number of fused-ring (bicyclic) bond motifs is 1. The summed E-state index contributed by atoms with van der Waals surface area (Å²) in [5.74, 6) is -0.189. The van der Waals surface area contributed by atoms with E-state index in [2.05, 4.69) is 4.99 Å². The summed E-state index contributed by atoms with van der Waals surface area (Å²) < 4.78 is 7.57. The maximum atomic E-state index is 12.7. The lowest BCUT2D eigenvalue weighted by molar-refractivity contribution is -0.128. The molecule has 142 valence electrons. The highest BCUT2D eigenvalue weighted by molar-refractivity contribution is 6.36. The van der Waals surface area contributed by atoms with Gasteiger partial charge in [0.25, 0.3) is 5.91 Å². The van der Waals surface area contributed by atoms with Gasteiger partial charge in [-0.05, 0) is 19.9 Å². The minimum atomic E-state index is -0.872. The second kappa shape index (κ2) is 8.68. The predicted octanol–water partition coefficient (Wildman–Crippen LogP) is 2.76. The lowest BCUT2D eigenvalue weighted by atomic mass is 10.0. The van der Waals surface area contributed by atoms with Crippen LogP contribution < -0.4 is 4.90 Å². The van der Waals surface area contributed by atoms with Crippen LogP contribution in [-0.2, 0) is 16.6 Å². The number of hydrogen-bond acceptors (Lipinski definition) is 3. The number of likely N-dealkylation sites (N-methyl/N-ethyl adjacent to an activating group) is 1. The number of carbonyl (C=O) groups is 1. The molecule has 0 saturated heterocycles. The summed E-state index contributed by atoms with van der Waals surface area (Å²) in [5.41, 5.74) is 4.21. The van der Waals surface area contributed by atoms with Crippen LogP contribution in [-0.4, -0.2) is 41.5 Å². The molecule has 1 unspecified atom stereocenters. The molecule has 1 amide bonds. The predicted molar refractivity (Wildman–Crippen MR) is 107 cm³/mol. The zero-order chi connectivity index (χ0) is 17.4. The van der Waals surface area contributed by atoms with E-state index < -0.39 is 6.23 Å². The van der Waals surface area contributed by atoms with Gasteiger partial charge in [0.15, 0.2) is 0 Å². The van der Waals surface area contributed by atoms with Crippen LogP contribution in [0.2, 0.25) is 5.02 Å². The van der Waals surface area contributed by atoms with Crippen molar-refractivity contribution in [1.29, 1.82) is 0 Å². The van der Waals surface area contributed by atoms with Crippen molar-refractivity contribution in [1.82, 2.24) is 4.57 Å². The second-order valence-corrected chi connectivity index (χ2v) is 6.16. The van der Waals surface area contributed by atoms with Crippen LogP contribution in [0.25, 0.3) is 0 Å². The van der Waals surface area contributed by atoms with E-state index in [0.717, 1.165) is 22.5 Å². The van der Waals surface area contributed by atoms with E-state index in [1.54, 1.807) is 11.9 Å². The van der Waals surface area contributed by atoms with Gasteiger partial charge in [-0.25, -0.2) is 4.99 Å². The van der Waals surface area contributed by atoms with Gasteiger partial charge in [0.2, 0.25) is 6.23 Å². The lowest BCUT2D eigenvalue weighted by Gasteiger charge is -2.18. The molecule has 0 bridgehead atoms. The van der Waals surface area contributed by atoms with Crippen molar-refractivity contribution in [2.75, 3.05) is 18.6 Å². The number of halogens is 2. The van der Waals surface area contributed by atoms with Gasteiger partial charge in [0, 0.05) is 48.7 Å². The second-order valence-electron chi connectivity index (χ2n) is 5.75. The molecule has 26 heavy (non-hydrogen) atoms. The van der Waals surface area contributed by atoms with Crippen LogP contribution >= 0.6 is 24.0 Å². The third-order valence-electron chi connectivity index (χ3n) is 4.30. The Morgan fingerprint density at radius 3 is 2.54 bits per heavy atom. The highest BCUT2D eigenvalue weighted by atomic mass is 35.5. The Balaban J connectivity index is 0.00000169. The number of anilines is 1. The molecule has 0 radical (unpaired) electrons. The standard InChI is InChI=1S/C18H20ClN3O2.ClH.H2O/c1-5-24-17-18(23)22(4)14-10-21(3)11(2)15(14)16(20-17)12-8-6-7-9-13(12)19;;/h6-10,17H,5H2,1-4H3;1H;1H2. The van der Waals surface area contributed by atoms with Crippen molar-refractivity contribution in [3.05, 3.63) is 52.3 Å². The van der Waals surface area contributed by atoms with Gasteiger partial charge in [-0.3, -0.25) is 4.79 Å². The minimum absolute atomic E-state index is 0. The average Bonchev–Trinajstić information content (AvgIpc) is 2.81. The molecular weight excluding hydrogens is 377 g/mol. The molecule has 2 N–H and O–H groups in total. The molecule has 1 aromatic heterocycles. The van der Waals surface area contributed by atoms with Crippen LogP contribution in [0.3, 0.4) is 0 Å². The molecule has 0 spiro atoms. The Kier molecular flexibility index (Phi) is 7.41. The number of ether oxygens (including phenoxy) is 1. The maximum absolute atomic E-state index is 12.7. The molecule has 6 nitrogen and oxygen atoms in total. The lowest BCUT2D eigenvalue weighted by Crippen LogP contribution is -2.36. The number of rotatable bonds is 3. The third kappa shape index (κ3) is 3.64. The Bertz CT molecular complexity index is 833. The van der Waals surface area contributed by atoms with E-state index >= 15 is 0 Å². The average molecular weight is 400 g/mol. The van der Waals surface area contributed by atoms with Crippen molar-refractivity contribution in [2.45, 2.75) is 20.1 Å². The summed E-state index contributed by atoms with van der Waals surface area (Å²) in [6.45, 7) is 4.26. The van der Waals surface area contributed by atoms with E-state index in [9.17, 15) is 4.79 Å². The molecule has 1 aliphatic rings. The summed E-state index contributed by atoms with van der Waals surface area (Å²) in [5, 5.41) is 0.595. The Labute approximate surface area is 164 Å². The highest BCUT2D eigenvalue weighted by Gasteiger charge is 2.33. The van der Waals surface area contributed by atoms with Crippen molar-refractivity contribution in [3.8, 4) is 0 Å². The largest absolute Gasteiger partial charge is 0.412 e. The van der Waals surface area contributed by atoms with E-state index in [1.165, 1.54) is 0 Å². The van der Waals surface area contributed by atoms with Gasteiger partial charge in [-0.15, -0.1) is 12.4 Å². The fraction of sp³-hybridized carbons (Fsp3) is 0.333. The summed E-state index contributed by atoms with van der Waals surface area (Å²) in [6, 6.07) is 7.52. The minimum Gasteiger partial charge on any atom is -0.412 e. The van der Waals surface area contributed by atoms with E-state index in [0.29, 0.717) is 17.3 Å². The molecule has 8 heteroatoms. The number of aliphatic imine (C=N–C) groups is 1. The Morgan fingerprint density at radius 2 is 1.92 bits per heavy atom. The number of hydrogen-bond donors (Lipinski definition) is 0. The SMILES string of the molecule is CCOC1N=C(c2ccccc2Cl)c2c(cn(C)c2C)N(C)C1=O.Cl.O. The van der Waals surface area contributed by atoms with Gasteiger partial charge in [-0.1, -0.05) is 29.8 Å². The first kappa shape index (κ1) is 22.2. The van der Waals surface area contributed by atoms with Gasteiger partial charge < -0.3 is 19.7 Å². The molecular formula is C18H23Cl2N3O3. The van der Waals surface area contributed by atoms with Crippen molar-refractivity contribution in [3.63, 3.8) is 0 Å². The summed E-state index contributed by atoms with van der Waals surface area (Å²) in [4.78, 5) is 19.0. The normalized spacial score (nSPS) is 16.2. The molecule has 2 heterocycles. The quantitative estimate of drug-likeness (QED) is 0.794. The Hall–Kier alpha value is -1.86. The number of carbonyl (C=O) groups excluding carboxylic acids is 1. The number of amides is 1. The molecule has 1 atom stereocenters. The van der Waals surface area contributed by atoms with Crippen molar-refractivity contribution >= 4 is 41.3 Å². The molecule has 0 fully saturated rings. The monoisotopic (exact) mass is 399 g/mol. The molecule has 0 saturated carbocycles. The molecule has 1 aromatic carbocycles. The smallest absolute Gasteiger partial charge is 0.278 e. The number of nitrogens with zero attached hydrogens (tertiary/aromatic N) is 3. The van der Waals surface area contributed by atoms with E-state index in [-0.39, 0.29) is 23.8 Å². The summed E-state index contributed by atoms with van der Waals surface area (Å²) >= 11 is 6.41. The van der Waals surface area contributed by atoms with Crippen molar-refractivity contribution < 1.29 is 15.0 Å². The first-order valence-corrected chi connectivity index (χ1v) is 8.21. The van der Waals surface area contributed by atoms with Gasteiger partial charge in [0.1, 0.15) is 0 Å². The number of benzene rings is 1. The summed E-state index contributed by atoms with van der Waals surface area (Å²) in [6.07, 6.45) is 1.06. The number of aromatic nitrogens is 1. The topological polar surface area (TPSA) is 78.3 Å². The third-order valence-corrected chi connectivity index (χ3v) is 4.63. The fourth-order valence-corrected chi connectivity index (χ4v) is 3.12. The molecule has 2 aromatic rings. The van der Waals surface area contributed by atoms with Crippen LogP contribution in [0.1, 0.15) is 23.7 Å². The van der Waals surface area contributed by atoms with E-state index in [4.69, 9.17) is 16.3 Å². The van der Waals surface area contributed by atoms with Gasteiger partial charge in [0.05, 0.1) is 11.4 Å². The fourth-order valence-electron chi connectivity index (χ4n) is 2.90. The van der Waals surface area contributed by atoms with Gasteiger partial charge >= 0.3 is 0 Å². The van der Waals surface area contributed by atoms with Crippen LogP contribution in [0.4, 0.5) is 5.69 Å². The van der Waals surface area contributed by atoms with Crippen LogP contribution in [0.5, 0.6) is 0 Å². The van der Waals surface area contributed by atoms with Crippen LogP contribution in [0.15, 0.2) is 35.5 Å². The molecule has 1 aliphatic heterocycles. The highest BCUT2D eigenvalue weighted by Crippen LogP contribution is 2.33. The zero-order valence-corrected chi connectivity index (χ0v) is 16.7. The zero-order valence-electron chi connectivity index (χ0n) is 15.1. The maximum Gasteiger partial charge on any atom is 0.278 e. The summed E-state index contributed by atoms with van der Waals surface area (Å²) in [7, 11) is 3.70. The van der Waals surface area contributed by atoms with Gasteiger partial charge in [-0.2, -0.15) is 0 Å². The first-order valence-electron chi connectivity index (χ1n) is 7.83.